The lowest BCUT2D eigenvalue weighted by Crippen LogP contribution is -2.19. The molecule has 154 valence electrons. The molecule has 2 atom stereocenters. The molecule has 0 radical (unpaired) electrons. The largest absolute Gasteiger partial charge is 0.475 e. The Morgan fingerprint density at radius 1 is 1.24 bits per heavy atom. The maximum atomic E-state index is 13.1. The molecule has 1 aromatic carbocycles. The Morgan fingerprint density at radius 2 is 1.86 bits per heavy atom. The Morgan fingerprint density at radius 3 is 2.52 bits per heavy atom. The summed E-state index contributed by atoms with van der Waals surface area (Å²) in [6, 6.07) is -0.656. The predicted molar refractivity (Wildman–Crippen MR) is 110 cm³/mol. The number of aromatic nitrogens is 2. The molecule has 0 spiro atoms. The number of nitrogens with one attached hydrogen (secondary N) is 1. The molecule has 3 aliphatic rings. The Labute approximate surface area is 170 Å². The Bertz CT molecular complexity index is 1120. The van der Waals surface area contributed by atoms with Gasteiger partial charge in [0.05, 0.1) is 12.2 Å². The smallest absolute Gasteiger partial charge is 0.354 e. The van der Waals surface area contributed by atoms with E-state index in [1.54, 1.807) is 4.68 Å². The van der Waals surface area contributed by atoms with Crippen molar-refractivity contribution in [1.29, 1.82) is 0 Å². The highest BCUT2D eigenvalue weighted by atomic mass is 32.2. The molecular formula is C20H25N5O3S. The van der Waals surface area contributed by atoms with Gasteiger partial charge in [0.15, 0.2) is 9.92 Å². The minimum absolute atomic E-state index is 0.0283. The summed E-state index contributed by atoms with van der Waals surface area (Å²) in [5.41, 5.74) is 7.36. The van der Waals surface area contributed by atoms with E-state index in [0.717, 1.165) is 44.2 Å². The summed E-state index contributed by atoms with van der Waals surface area (Å²) in [7, 11) is -3.47. The van der Waals surface area contributed by atoms with E-state index in [9.17, 15) is 9.00 Å². The molecule has 29 heavy (non-hydrogen) atoms. The van der Waals surface area contributed by atoms with Gasteiger partial charge >= 0.3 is 6.03 Å². The third-order valence-electron chi connectivity index (χ3n) is 6.31. The number of benzene rings is 1. The van der Waals surface area contributed by atoms with Crippen LogP contribution in [-0.2, 0) is 35.6 Å². The number of nitrogens with two attached hydrogens (primary N) is 1. The molecule has 9 heteroatoms. The highest BCUT2D eigenvalue weighted by Gasteiger charge is 2.30. The van der Waals surface area contributed by atoms with Gasteiger partial charge < -0.3 is 10.1 Å². The third kappa shape index (κ3) is 2.86. The normalized spacial score (nSPS) is 21.1. The highest BCUT2D eigenvalue weighted by molar-refractivity contribution is 7.91. The molecule has 2 amide bonds. The Balaban J connectivity index is 1.51. The summed E-state index contributed by atoms with van der Waals surface area (Å²) in [5, 5.41) is 13.1. The van der Waals surface area contributed by atoms with Gasteiger partial charge in [0.2, 0.25) is 5.88 Å². The fourth-order valence-electron chi connectivity index (χ4n) is 4.94. The molecule has 2 aromatic rings. The zero-order chi connectivity index (χ0) is 20.3. The summed E-state index contributed by atoms with van der Waals surface area (Å²) >= 11 is 0. The van der Waals surface area contributed by atoms with Crippen LogP contribution in [0, 0.1) is 6.92 Å². The first kappa shape index (κ1) is 18.6. The van der Waals surface area contributed by atoms with Gasteiger partial charge in [0.25, 0.3) is 0 Å². The maximum Gasteiger partial charge on any atom is 0.354 e. The minimum atomic E-state index is -3.47. The molecule has 5 rings (SSSR count). The Hall–Kier alpha value is -2.39. The average molecular weight is 416 g/mol. The predicted octanol–water partition coefficient (Wildman–Crippen LogP) is 3.06. The minimum Gasteiger partial charge on any atom is -0.475 e. The number of ether oxygens (including phenoxy) is 1. The second-order valence-electron chi connectivity index (χ2n) is 8.13. The van der Waals surface area contributed by atoms with E-state index < -0.39 is 15.9 Å². The van der Waals surface area contributed by atoms with E-state index in [1.807, 2.05) is 6.92 Å². The number of fused-ring (bicyclic) bond motifs is 3. The van der Waals surface area contributed by atoms with E-state index in [1.165, 1.54) is 34.0 Å². The van der Waals surface area contributed by atoms with Crippen molar-refractivity contribution in [3.8, 4) is 5.88 Å². The standard InChI is InChI=1S/C20H25N5O3S/c1-11-10-28-19-17(9-22-25(11)19)29(21,27)24-20(26)23-18-15-7-3-5-13(15)12(2)14-6-4-8-16(14)18/h9,11H,3-8,10H2,1-2H3,(H3,21,23,24,26,27)/t11-,29?/m1/s1. The van der Waals surface area contributed by atoms with Crippen LogP contribution in [0.2, 0.25) is 0 Å². The fourth-order valence-corrected chi connectivity index (χ4v) is 5.93. The van der Waals surface area contributed by atoms with Crippen LogP contribution in [0.4, 0.5) is 10.5 Å². The molecule has 0 fully saturated rings. The van der Waals surface area contributed by atoms with Crippen molar-refractivity contribution in [1.82, 2.24) is 9.78 Å². The average Bonchev–Trinajstić information content (AvgIpc) is 3.43. The van der Waals surface area contributed by atoms with Crippen molar-refractivity contribution in [3.05, 3.63) is 34.0 Å². The topological polar surface area (TPSA) is 112 Å². The number of urea groups is 1. The maximum absolute atomic E-state index is 13.1. The molecule has 2 heterocycles. The molecule has 3 N–H and O–H groups in total. The molecule has 1 aromatic heterocycles. The summed E-state index contributed by atoms with van der Waals surface area (Å²) in [6.45, 7) is 4.56. The van der Waals surface area contributed by atoms with E-state index in [-0.39, 0.29) is 10.9 Å². The van der Waals surface area contributed by atoms with Crippen molar-refractivity contribution in [2.75, 3.05) is 11.9 Å². The first-order valence-electron chi connectivity index (χ1n) is 10.1. The molecule has 0 saturated heterocycles. The van der Waals surface area contributed by atoms with Crippen LogP contribution in [0.25, 0.3) is 0 Å². The quantitative estimate of drug-likeness (QED) is 0.785. The number of nitrogens with zero attached hydrogens (tertiary/aromatic N) is 3. The summed E-state index contributed by atoms with van der Waals surface area (Å²) in [5.74, 6) is 0.332. The molecule has 0 saturated carbocycles. The molecule has 0 bridgehead atoms. The molecular weight excluding hydrogens is 390 g/mol. The van der Waals surface area contributed by atoms with Crippen LogP contribution < -0.4 is 15.2 Å². The lowest BCUT2D eigenvalue weighted by molar-refractivity contribution is 0.260. The van der Waals surface area contributed by atoms with Crippen molar-refractivity contribution in [2.24, 2.45) is 9.50 Å². The summed E-state index contributed by atoms with van der Waals surface area (Å²) in [4.78, 5) is 12.9. The lowest BCUT2D eigenvalue weighted by Gasteiger charge is -2.18. The zero-order valence-electron chi connectivity index (χ0n) is 16.7. The summed E-state index contributed by atoms with van der Waals surface area (Å²) < 4.78 is 24.1. The van der Waals surface area contributed by atoms with Crippen LogP contribution in [0.1, 0.15) is 53.6 Å². The fraction of sp³-hybridized carbons (Fsp3) is 0.500. The zero-order valence-corrected chi connectivity index (χ0v) is 17.5. The Kier molecular flexibility index (Phi) is 4.22. The van der Waals surface area contributed by atoms with Crippen molar-refractivity contribution in [3.63, 3.8) is 0 Å². The molecule has 8 nitrogen and oxygen atoms in total. The van der Waals surface area contributed by atoms with Gasteiger partial charge in [-0.15, -0.1) is 4.36 Å². The summed E-state index contributed by atoms with van der Waals surface area (Å²) in [6.07, 6.45) is 7.53. The van der Waals surface area contributed by atoms with Gasteiger partial charge in [-0.25, -0.2) is 18.8 Å². The van der Waals surface area contributed by atoms with Crippen molar-refractivity contribution >= 4 is 21.6 Å². The molecule has 2 aliphatic carbocycles. The van der Waals surface area contributed by atoms with Crippen LogP contribution >= 0.6 is 0 Å². The van der Waals surface area contributed by atoms with Crippen LogP contribution in [-0.4, -0.2) is 26.6 Å². The SMILES string of the molecule is Cc1c2c(c(NC(=O)N=S(N)(=O)c3cnn4c3OC[C@H]4C)c3c1CCC3)CCC2. The van der Waals surface area contributed by atoms with E-state index >= 15 is 0 Å². The van der Waals surface area contributed by atoms with Crippen LogP contribution in [0.5, 0.6) is 5.88 Å². The van der Waals surface area contributed by atoms with Gasteiger partial charge in [0.1, 0.15) is 11.5 Å². The second-order valence-corrected chi connectivity index (χ2v) is 9.89. The van der Waals surface area contributed by atoms with Gasteiger partial charge in [-0.05, 0) is 80.2 Å². The van der Waals surface area contributed by atoms with Gasteiger partial charge in [-0.1, -0.05) is 0 Å². The van der Waals surface area contributed by atoms with Gasteiger partial charge in [0, 0.05) is 5.69 Å². The van der Waals surface area contributed by atoms with Crippen LogP contribution in [0.15, 0.2) is 15.5 Å². The van der Waals surface area contributed by atoms with Crippen molar-refractivity contribution in [2.45, 2.75) is 63.3 Å². The molecule has 1 aliphatic heterocycles. The van der Waals surface area contributed by atoms with E-state index in [2.05, 4.69) is 21.7 Å². The number of anilines is 1. The monoisotopic (exact) mass is 415 g/mol. The first-order chi connectivity index (χ1) is 13.9. The lowest BCUT2D eigenvalue weighted by atomic mass is 9.93. The van der Waals surface area contributed by atoms with E-state index in [4.69, 9.17) is 9.88 Å². The van der Waals surface area contributed by atoms with Gasteiger partial charge in [-0.2, -0.15) is 5.10 Å². The van der Waals surface area contributed by atoms with Crippen molar-refractivity contribution < 1.29 is 13.7 Å². The first-order valence-corrected chi connectivity index (χ1v) is 11.7. The number of carbonyl (C=O) groups excluding carboxylic acids is 1. The number of amides is 2. The third-order valence-corrected chi connectivity index (χ3v) is 7.65. The van der Waals surface area contributed by atoms with Crippen LogP contribution in [0.3, 0.4) is 0 Å². The van der Waals surface area contributed by atoms with E-state index in [0.29, 0.717) is 12.5 Å². The highest BCUT2D eigenvalue weighted by Crippen LogP contribution is 2.41. The number of hydrogen-bond acceptors (Lipinski definition) is 4. The number of hydrogen-bond donors (Lipinski definition) is 2. The second kappa shape index (κ2) is 6.56. The number of carbonyl (C=O) groups is 1. The molecule has 1 unspecified atom stereocenters. The van der Waals surface area contributed by atoms with Gasteiger partial charge in [-0.3, -0.25) is 0 Å². The number of rotatable bonds is 2.